The number of nitrogens with zero attached hydrogens (tertiary/aromatic N) is 1. The van der Waals surface area contributed by atoms with Crippen molar-refractivity contribution in [1.82, 2.24) is 14.6 Å². The SMILES string of the molecule is CN(Cc1ccc[nH]1)C(=O)c1cc(S(=O)(=O)NC2CC2)ccc1Br. The molecule has 3 rings (SSSR count). The molecule has 2 aromatic rings. The summed E-state index contributed by atoms with van der Waals surface area (Å²) < 4.78 is 27.9. The predicted octanol–water partition coefficient (Wildman–Crippen LogP) is 2.49. The first-order valence-electron chi connectivity index (χ1n) is 7.56. The molecule has 0 atom stereocenters. The van der Waals surface area contributed by atoms with Crippen LogP contribution in [0.2, 0.25) is 0 Å². The van der Waals surface area contributed by atoms with E-state index in [1.165, 1.54) is 17.0 Å². The number of aromatic amines is 1. The molecule has 0 aliphatic heterocycles. The van der Waals surface area contributed by atoms with Gasteiger partial charge in [-0.2, -0.15) is 0 Å². The molecule has 1 aromatic heterocycles. The van der Waals surface area contributed by atoms with Gasteiger partial charge >= 0.3 is 0 Å². The lowest BCUT2D eigenvalue weighted by atomic mass is 10.2. The number of H-pyrrole nitrogens is 1. The third kappa shape index (κ3) is 3.88. The smallest absolute Gasteiger partial charge is 0.255 e. The molecular weight excluding hydrogens is 394 g/mol. The molecule has 0 spiro atoms. The van der Waals surface area contributed by atoms with Gasteiger partial charge in [-0.15, -0.1) is 0 Å². The number of aromatic nitrogens is 1. The van der Waals surface area contributed by atoms with Gasteiger partial charge in [0.05, 0.1) is 17.0 Å². The van der Waals surface area contributed by atoms with E-state index in [0.29, 0.717) is 16.6 Å². The van der Waals surface area contributed by atoms with Crippen LogP contribution in [0.3, 0.4) is 0 Å². The molecule has 6 nitrogen and oxygen atoms in total. The zero-order valence-electron chi connectivity index (χ0n) is 13.1. The zero-order valence-corrected chi connectivity index (χ0v) is 15.5. The number of halogens is 1. The number of hydrogen-bond donors (Lipinski definition) is 2. The first kappa shape index (κ1) is 17.2. The normalized spacial score (nSPS) is 14.6. The van der Waals surface area contributed by atoms with Crippen molar-refractivity contribution in [2.45, 2.75) is 30.3 Å². The van der Waals surface area contributed by atoms with Crippen LogP contribution in [-0.4, -0.2) is 37.3 Å². The third-order valence-electron chi connectivity index (χ3n) is 3.79. The second-order valence-electron chi connectivity index (χ2n) is 5.89. The van der Waals surface area contributed by atoms with Crippen LogP contribution in [0.5, 0.6) is 0 Å². The fourth-order valence-electron chi connectivity index (χ4n) is 2.32. The molecule has 24 heavy (non-hydrogen) atoms. The Hall–Kier alpha value is -1.64. The Balaban J connectivity index is 1.83. The third-order valence-corrected chi connectivity index (χ3v) is 6.00. The summed E-state index contributed by atoms with van der Waals surface area (Å²) in [4.78, 5) is 17.4. The van der Waals surface area contributed by atoms with Crippen LogP contribution in [0.25, 0.3) is 0 Å². The van der Waals surface area contributed by atoms with Crippen molar-refractivity contribution in [3.63, 3.8) is 0 Å². The summed E-state index contributed by atoms with van der Waals surface area (Å²) in [6.07, 6.45) is 3.52. The van der Waals surface area contributed by atoms with E-state index in [9.17, 15) is 13.2 Å². The van der Waals surface area contributed by atoms with Crippen LogP contribution in [0, 0.1) is 0 Å². The summed E-state index contributed by atoms with van der Waals surface area (Å²) in [6.45, 7) is 0.412. The van der Waals surface area contributed by atoms with Crippen LogP contribution in [-0.2, 0) is 16.6 Å². The lowest BCUT2D eigenvalue weighted by Crippen LogP contribution is -2.28. The predicted molar refractivity (Wildman–Crippen MR) is 94.1 cm³/mol. The zero-order chi connectivity index (χ0) is 17.3. The van der Waals surface area contributed by atoms with E-state index in [1.54, 1.807) is 19.3 Å². The summed E-state index contributed by atoms with van der Waals surface area (Å²) in [5.74, 6) is -0.250. The highest BCUT2D eigenvalue weighted by molar-refractivity contribution is 9.10. The van der Waals surface area contributed by atoms with E-state index in [4.69, 9.17) is 0 Å². The highest BCUT2D eigenvalue weighted by Crippen LogP contribution is 2.25. The van der Waals surface area contributed by atoms with Crippen molar-refractivity contribution in [2.75, 3.05) is 7.05 Å². The van der Waals surface area contributed by atoms with Crippen LogP contribution in [0.4, 0.5) is 0 Å². The number of rotatable bonds is 6. The number of sulfonamides is 1. The maximum atomic E-state index is 12.7. The second kappa shape index (κ2) is 6.70. The molecule has 1 fully saturated rings. The molecule has 1 heterocycles. The minimum atomic E-state index is -3.59. The topological polar surface area (TPSA) is 82.3 Å². The van der Waals surface area contributed by atoms with Gasteiger partial charge < -0.3 is 9.88 Å². The fourth-order valence-corrected chi connectivity index (χ4v) is 4.07. The Bertz CT molecular complexity index is 845. The fraction of sp³-hybridized carbons (Fsp3) is 0.312. The van der Waals surface area contributed by atoms with E-state index in [0.717, 1.165) is 18.5 Å². The summed E-state index contributed by atoms with van der Waals surface area (Å²) in [5.41, 5.74) is 1.23. The lowest BCUT2D eigenvalue weighted by Gasteiger charge is -2.18. The maximum absolute atomic E-state index is 12.7. The molecule has 1 aliphatic rings. The highest BCUT2D eigenvalue weighted by atomic mass is 79.9. The Morgan fingerprint density at radius 3 is 2.75 bits per heavy atom. The van der Waals surface area contributed by atoms with Gasteiger partial charge in [-0.05, 0) is 59.1 Å². The Labute approximate surface area is 149 Å². The van der Waals surface area contributed by atoms with Crippen LogP contribution >= 0.6 is 15.9 Å². The van der Waals surface area contributed by atoms with Gasteiger partial charge in [0, 0.05) is 29.5 Å². The molecular formula is C16H18BrN3O3S. The minimum absolute atomic E-state index is 0.0216. The van der Waals surface area contributed by atoms with Gasteiger partial charge in [0.1, 0.15) is 0 Å². The van der Waals surface area contributed by atoms with Crippen molar-refractivity contribution in [3.05, 3.63) is 52.3 Å². The lowest BCUT2D eigenvalue weighted by molar-refractivity contribution is 0.0782. The number of hydrogen-bond acceptors (Lipinski definition) is 3. The van der Waals surface area contributed by atoms with E-state index in [2.05, 4.69) is 25.6 Å². The average molecular weight is 412 g/mol. The number of nitrogens with one attached hydrogen (secondary N) is 2. The molecule has 1 amide bonds. The maximum Gasteiger partial charge on any atom is 0.255 e. The van der Waals surface area contributed by atoms with Gasteiger partial charge in [0.15, 0.2) is 0 Å². The molecule has 0 saturated heterocycles. The monoisotopic (exact) mass is 411 g/mol. The van der Waals surface area contributed by atoms with Crippen molar-refractivity contribution in [2.24, 2.45) is 0 Å². The number of benzene rings is 1. The molecule has 0 radical (unpaired) electrons. The Morgan fingerprint density at radius 1 is 1.38 bits per heavy atom. The Morgan fingerprint density at radius 2 is 2.12 bits per heavy atom. The van der Waals surface area contributed by atoms with E-state index in [1.807, 2.05) is 12.1 Å². The number of amides is 1. The largest absolute Gasteiger partial charge is 0.364 e. The Kier molecular flexibility index (Phi) is 4.80. The van der Waals surface area contributed by atoms with Crippen LogP contribution in [0.15, 0.2) is 45.9 Å². The summed E-state index contributed by atoms with van der Waals surface area (Å²) in [5, 5.41) is 0. The van der Waals surface area contributed by atoms with Gasteiger partial charge in [0.2, 0.25) is 10.0 Å². The first-order chi connectivity index (χ1) is 11.4. The molecule has 1 saturated carbocycles. The van der Waals surface area contributed by atoms with Gasteiger partial charge in [-0.3, -0.25) is 4.79 Å². The number of carbonyl (C=O) groups is 1. The van der Waals surface area contributed by atoms with Crippen molar-refractivity contribution >= 4 is 31.9 Å². The molecule has 8 heteroatoms. The summed E-state index contributed by atoms with van der Waals surface area (Å²) in [7, 11) is -1.91. The summed E-state index contributed by atoms with van der Waals surface area (Å²) >= 11 is 3.34. The molecule has 0 bridgehead atoms. The quantitative estimate of drug-likeness (QED) is 0.765. The van der Waals surface area contributed by atoms with E-state index < -0.39 is 10.0 Å². The second-order valence-corrected chi connectivity index (χ2v) is 8.46. The standard InChI is InChI=1S/C16H18BrN3O3S/c1-20(10-12-3-2-8-18-12)16(21)14-9-13(6-7-15(14)17)24(22,23)19-11-4-5-11/h2-3,6-9,11,18-19H,4-5,10H2,1H3. The molecule has 2 N–H and O–H groups in total. The van der Waals surface area contributed by atoms with Crippen LogP contribution in [0.1, 0.15) is 28.9 Å². The first-order valence-corrected chi connectivity index (χ1v) is 9.84. The van der Waals surface area contributed by atoms with Crippen molar-refractivity contribution < 1.29 is 13.2 Å². The highest BCUT2D eigenvalue weighted by Gasteiger charge is 2.29. The number of carbonyl (C=O) groups excluding carboxylic acids is 1. The van der Waals surface area contributed by atoms with Crippen LogP contribution < -0.4 is 4.72 Å². The molecule has 0 unspecified atom stereocenters. The average Bonchev–Trinajstić information content (AvgIpc) is 3.18. The van der Waals surface area contributed by atoms with Crippen molar-refractivity contribution in [3.8, 4) is 0 Å². The minimum Gasteiger partial charge on any atom is -0.364 e. The van der Waals surface area contributed by atoms with E-state index >= 15 is 0 Å². The van der Waals surface area contributed by atoms with Gasteiger partial charge in [-0.25, -0.2) is 13.1 Å². The molecule has 1 aliphatic carbocycles. The van der Waals surface area contributed by atoms with Gasteiger partial charge in [0.25, 0.3) is 5.91 Å². The summed E-state index contributed by atoms with van der Waals surface area (Å²) in [6, 6.07) is 8.28. The van der Waals surface area contributed by atoms with E-state index in [-0.39, 0.29) is 16.8 Å². The molecule has 128 valence electrons. The van der Waals surface area contributed by atoms with Crippen molar-refractivity contribution in [1.29, 1.82) is 0 Å². The van der Waals surface area contributed by atoms with Gasteiger partial charge in [-0.1, -0.05) is 0 Å². The molecule has 1 aromatic carbocycles.